The lowest BCUT2D eigenvalue weighted by Gasteiger charge is -2.15. The van der Waals surface area contributed by atoms with E-state index in [-0.39, 0.29) is 0 Å². The van der Waals surface area contributed by atoms with Crippen LogP contribution in [0.3, 0.4) is 0 Å². The van der Waals surface area contributed by atoms with Gasteiger partial charge in [-0.2, -0.15) is 0 Å². The zero-order chi connectivity index (χ0) is 22.8. The average Bonchev–Trinajstić information content (AvgIpc) is 2.77. The minimum absolute atomic E-state index is 0.507. The third-order valence-electron chi connectivity index (χ3n) is 6.22. The van der Waals surface area contributed by atoms with Crippen LogP contribution < -0.4 is 0 Å². The Bertz CT molecular complexity index is 328. The van der Waals surface area contributed by atoms with Gasteiger partial charge in [-0.3, -0.25) is 0 Å². The first-order chi connectivity index (χ1) is 15.2. The van der Waals surface area contributed by atoms with Gasteiger partial charge < -0.3 is 13.9 Å². The van der Waals surface area contributed by atoms with Gasteiger partial charge in [-0.25, -0.2) is 0 Å². The molecule has 0 fully saturated rings. The Morgan fingerprint density at radius 2 is 0.935 bits per heavy atom. The van der Waals surface area contributed by atoms with Gasteiger partial charge in [0.1, 0.15) is 0 Å². The Morgan fingerprint density at radius 3 is 1.39 bits per heavy atom. The molecule has 0 bridgehead atoms. The molecule has 31 heavy (non-hydrogen) atoms. The maximum atomic E-state index is 9.91. The summed E-state index contributed by atoms with van der Waals surface area (Å²) in [5, 5.41) is 0. The van der Waals surface area contributed by atoms with Crippen molar-refractivity contribution in [2.75, 3.05) is 13.2 Å². The Labute approximate surface area is 197 Å². The SMILES string of the molecule is CCCCCCCCCCCCCOP(O)OCC(C)CCCCCCCCCCC. The van der Waals surface area contributed by atoms with E-state index in [2.05, 4.69) is 20.8 Å². The molecule has 2 atom stereocenters. The van der Waals surface area contributed by atoms with Crippen molar-refractivity contribution >= 4 is 8.60 Å². The van der Waals surface area contributed by atoms with E-state index < -0.39 is 8.60 Å². The van der Waals surface area contributed by atoms with Gasteiger partial charge >= 0.3 is 8.60 Å². The van der Waals surface area contributed by atoms with Crippen LogP contribution in [0.15, 0.2) is 0 Å². The van der Waals surface area contributed by atoms with Crippen molar-refractivity contribution in [3.63, 3.8) is 0 Å². The second-order valence-electron chi connectivity index (χ2n) is 9.62. The molecule has 2 unspecified atom stereocenters. The van der Waals surface area contributed by atoms with Crippen molar-refractivity contribution in [3.8, 4) is 0 Å². The van der Waals surface area contributed by atoms with E-state index in [0.717, 1.165) is 6.42 Å². The Balaban J connectivity index is 3.28. The number of rotatable bonds is 26. The van der Waals surface area contributed by atoms with Crippen LogP contribution in [-0.4, -0.2) is 18.1 Å². The minimum Gasteiger partial charge on any atom is -0.328 e. The van der Waals surface area contributed by atoms with Crippen molar-refractivity contribution in [2.24, 2.45) is 5.92 Å². The minimum atomic E-state index is -1.68. The molecule has 3 nitrogen and oxygen atoms in total. The molecule has 1 N–H and O–H groups in total. The maximum Gasteiger partial charge on any atom is 0.329 e. The normalized spacial score (nSPS) is 13.5. The van der Waals surface area contributed by atoms with Crippen molar-refractivity contribution in [3.05, 3.63) is 0 Å². The number of hydrogen-bond acceptors (Lipinski definition) is 3. The van der Waals surface area contributed by atoms with E-state index in [4.69, 9.17) is 9.05 Å². The van der Waals surface area contributed by atoms with Crippen LogP contribution in [-0.2, 0) is 9.05 Å². The molecule has 0 aliphatic carbocycles. The monoisotopic (exact) mass is 460 g/mol. The highest BCUT2D eigenvalue weighted by molar-refractivity contribution is 7.40. The van der Waals surface area contributed by atoms with Gasteiger partial charge in [-0.15, -0.1) is 0 Å². The van der Waals surface area contributed by atoms with Gasteiger partial charge in [-0.1, -0.05) is 143 Å². The molecule has 4 heteroatoms. The fraction of sp³-hybridized carbons (Fsp3) is 1.00. The molecule has 188 valence electrons. The van der Waals surface area contributed by atoms with E-state index in [9.17, 15) is 4.89 Å². The number of unbranched alkanes of at least 4 members (excludes halogenated alkanes) is 18. The van der Waals surface area contributed by atoms with Crippen LogP contribution in [0.2, 0.25) is 0 Å². The first-order valence-corrected chi connectivity index (χ1v) is 15.1. The van der Waals surface area contributed by atoms with E-state index in [1.54, 1.807) is 0 Å². The summed E-state index contributed by atoms with van der Waals surface area (Å²) in [5.74, 6) is 0.507. The lowest BCUT2D eigenvalue weighted by atomic mass is 10.0. The Hall–Kier alpha value is 0.310. The molecule has 0 aromatic heterocycles. The van der Waals surface area contributed by atoms with Gasteiger partial charge in [0, 0.05) is 0 Å². The number of hydrogen-bond donors (Lipinski definition) is 1. The first kappa shape index (κ1) is 31.3. The molecule has 0 aromatic carbocycles. The van der Waals surface area contributed by atoms with Crippen LogP contribution >= 0.6 is 8.60 Å². The van der Waals surface area contributed by atoms with Gasteiger partial charge in [0.15, 0.2) is 0 Å². The summed E-state index contributed by atoms with van der Waals surface area (Å²) in [6.07, 6.45) is 28.1. The Morgan fingerprint density at radius 1 is 0.548 bits per heavy atom. The standard InChI is InChI=1S/C27H57O3P/c1-4-6-8-10-12-14-15-17-19-21-23-25-29-31(28)30-26-27(3)24-22-20-18-16-13-11-9-7-5-2/h27-28H,4-26H2,1-3H3. The fourth-order valence-electron chi connectivity index (χ4n) is 4.02. The molecular weight excluding hydrogens is 403 g/mol. The summed E-state index contributed by atoms with van der Waals surface area (Å²) in [5.41, 5.74) is 0. The lowest BCUT2D eigenvalue weighted by molar-refractivity contribution is 0.173. The van der Waals surface area contributed by atoms with Gasteiger partial charge in [0.2, 0.25) is 0 Å². The topological polar surface area (TPSA) is 38.7 Å². The highest BCUT2D eigenvalue weighted by Gasteiger charge is 2.10. The second kappa shape index (κ2) is 26.6. The van der Waals surface area contributed by atoms with E-state index in [1.807, 2.05) is 0 Å². The molecule has 0 aliphatic heterocycles. The van der Waals surface area contributed by atoms with Crippen LogP contribution in [0.25, 0.3) is 0 Å². The molecule has 0 spiro atoms. The second-order valence-corrected chi connectivity index (χ2v) is 10.6. The summed E-state index contributed by atoms with van der Waals surface area (Å²) < 4.78 is 11.0. The van der Waals surface area contributed by atoms with Crippen LogP contribution in [0.1, 0.15) is 156 Å². The van der Waals surface area contributed by atoms with Gasteiger partial charge in [-0.05, 0) is 18.8 Å². The maximum absolute atomic E-state index is 9.91. The third-order valence-corrected chi connectivity index (χ3v) is 6.99. The summed E-state index contributed by atoms with van der Waals surface area (Å²) >= 11 is 0. The summed E-state index contributed by atoms with van der Waals surface area (Å²) in [6, 6.07) is 0. The highest BCUT2D eigenvalue weighted by Crippen LogP contribution is 2.34. The highest BCUT2D eigenvalue weighted by atomic mass is 31.2. The summed E-state index contributed by atoms with van der Waals surface area (Å²) in [4.78, 5) is 9.91. The van der Waals surface area contributed by atoms with Crippen LogP contribution in [0.5, 0.6) is 0 Å². The van der Waals surface area contributed by atoms with Crippen molar-refractivity contribution in [1.82, 2.24) is 0 Å². The molecule has 0 radical (unpaired) electrons. The van der Waals surface area contributed by atoms with Gasteiger partial charge in [0.05, 0.1) is 13.2 Å². The molecular formula is C27H57O3P. The quantitative estimate of drug-likeness (QED) is 0.103. The van der Waals surface area contributed by atoms with Crippen molar-refractivity contribution in [1.29, 1.82) is 0 Å². The predicted octanol–water partition coefficient (Wildman–Crippen LogP) is 10.1. The smallest absolute Gasteiger partial charge is 0.328 e. The predicted molar refractivity (Wildman–Crippen MR) is 139 cm³/mol. The molecule has 0 rings (SSSR count). The average molecular weight is 461 g/mol. The van der Waals surface area contributed by atoms with Crippen molar-refractivity contribution < 1.29 is 13.9 Å². The first-order valence-electron chi connectivity index (χ1n) is 14.0. The summed E-state index contributed by atoms with van der Waals surface area (Å²) in [7, 11) is -1.68. The van der Waals surface area contributed by atoms with E-state index in [1.165, 1.54) is 128 Å². The van der Waals surface area contributed by atoms with Gasteiger partial charge in [0.25, 0.3) is 0 Å². The zero-order valence-corrected chi connectivity index (χ0v) is 22.4. The molecule has 0 saturated carbocycles. The van der Waals surface area contributed by atoms with E-state index >= 15 is 0 Å². The molecule has 0 saturated heterocycles. The van der Waals surface area contributed by atoms with E-state index in [0.29, 0.717) is 19.1 Å². The Kier molecular flexibility index (Phi) is 26.8. The largest absolute Gasteiger partial charge is 0.329 e. The third kappa shape index (κ3) is 26.4. The molecule has 0 aliphatic rings. The lowest BCUT2D eigenvalue weighted by Crippen LogP contribution is -2.04. The fourth-order valence-corrected chi connectivity index (χ4v) is 4.77. The van der Waals surface area contributed by atoms with Crippen molar-refractivity contribution in [2.45, 2.75) is 156 Å². The zero-order valence-electron chi connectivity index (χ0n) is 21.6. The molecule has 0 amide bonds. The van der Waals surface area contributed by atoms with Crippen LogP contribution in [0.4, 0.5) is 0 Å². The summed E-state index contributed by atoms with van der Waals surface area (Å²) in [6.45, 7) is 8.02. The van der Waals surface area contributed by atoms with Crippen LogP contribution in [0, 0.1) is 5.92 Å². The molecule has 0 aromatic rings. The molecule has 0 heterocycles.